The van der Waals surface area contributed by atoms with Gasteiger partial charge in [-0.05, 0) is 58.6 Å². The van der Waals surface area contributed by atoms with Crippen LogP contribution in [0.25, 0.3) is 5.69 Å². The molecule has 1 N–H and O–H groups in total. The van der Waals surface area contributed by atoms with Gasteiger partial charge in [-0.1, -0.05) is 12.1 Å². The summed E-state index contributed by atoms with van der Waals surface area (Å²) in [4.78, 5) is 13.2. The van der Waals surface area contributed by atoms with E-state index in [1.165, 1.54) is 15.9 Å². The Morgan fingerprint density at radius 3 is 2.54 bits per heavy atom. The lowest BCUT2D eigenvalue weighted by Gasteiger charge is -2.02. The number of benzene rings is 2. The molecule has 1 aromatic heterocycles. The fourth-order valence-corrected chi connectivity index (χ4v) is 2.37. The van der Waals surface area contributed by atoms with E-state index in [9.17, 15) is 4.79 Å². The van der Waals surface area contributed by atoms with Crippen LogP contribution < -0.4 is 5.43 Å². The number of nitrogens with zero attached hydrogens (tertiary/aromatic N) is 5. The molecule has 0 saturated carbocycles. The smallest absolute Gasteiger partial charge is 0.267 e. The average Bonchev–Trinajstić information content (AvgIpc) is 3.17. The molecule has 0 bridgehead atoms. The molecule has 0 fully saturated rings. The summed E-state index contributed by atoms with van der Waals surface area (Å²) in [5.41, 5.74) is 4.70. The van der Waals surface area contributed by atoms with Crippen molar-refractivity contribution in [1.29, 1.82) is 0 Å². The molecule has 1 heterocycles. The summed E-state index contributed by atoms with van der Waals surface area (Å²) in [6.45, 7) is 0. The van der Waals surface area contributed by atoms with Crippen LogP contribution in [-0.4, -0.2) is 38.6 Å². The minimum atomic E-state index is -0.282. The van der Waals surface area contributed by atoms with Crippen LogP contribution in [0.3, 0.4) is 0 Å². The monoisotopic (exact) mass is 338 g/mol. The fraction of sp³-hybridized carbons (Fsp3) is 0.0625. The van der Waals surface area contributed by atoms with Gasteiger partial charge in [0.15, 0.2) is 0 Å². The molecule has 0 aliphatic heterocycles. The Kier molecular flexibility index (Phi) is 4.97. The molecule has 0 atom stereocenters. The van der Waals surface area contributed by atoms with Crippen LogP contribution in [-0.2, 0) is 0 Å². The van der Waals surface area contributed by atoms with Gasteiger partial charge in [-0.2, -0.15) is 5.10 Å². The Morgan fingerprint density at radius 1 is 1.17 bits per heavy atom. The third kappa shape index (κ3) is 3.85. The molecule has 0 saturated heterocycles. The lowest BCUT2D eigenvalue weighted by Crippen LogP contribution is -2.17. The predicted octanol–water partition coefficient (Wildman–Crippen LogP) is 2.15. The van der Waals surface area contributed by atoms with Gasteiger partial charge in [0, 0.05) is 10.5 Å². The van der Waals surface area contributed by atoms with E-state index in [1.54, 1.807) is 42.2 Å². The van der Waals surface area contributed by atoms with Gasteiger partial charge in [0.1, 0.15) is 6.33 Å². The van der Waals surface area contributed by atoms with Crippen molar-refractivity contribution >= 4 is 23.9 Å². The van der Waals surface area contributed by atoms with Crippen molar-refractivity contribution in [2.45, 2.75) is 4.90 Å². The number of rotatable bonds is 5. The summed E-state index contributed by atoms with van der Waals surface area (Å²) in [6.07, 6.45) is 5.12. The highest BCUT2D eigenvalue weighted by molar-refractivity contribution is 7.98. The third-order valence-corrected chi connectivity index (χ3v) is 3.98. The summed E-state index contributed by atoms with van der Waals surface area (Å²) in [5, 5.41) is 14.9. The van der Waals surface area contributed by atoms with Gasteiger partial charge < -0.3 is 0 Å². The van der Waals surface area contributed by atoms with Gasteiger partial charge in [-0.15, -0.1) is 16.9 Å². The minimum absolute atomic E-state index is 0.282. The number of tetrazole rings is 1. The van der Waals surface area contributed by atoms with Crippen LogP contribution >= 0.6 is 11.8 Å². The highest BCUT2D eigenvalue weighted by Crippen LogP contribution is 2.14. The van der Waals surface area contributed by atoms with E-state index < -0.39 is 0 Å². The van der Waals surface area contributed by atoms with Crippen LogP contribution in [0.4, 0.5) is 0 Å². The summed E-state index contributed by atoms with van der Waals surface area (Å²) in [5.74, 6) is -0.282. The number of amides is 1. The van der Waals surface area contributed by atoms with Gasteiger partial charge in [0.25, 0.3) is 5.91 Å². The second-order valence-electron chi connectivity index (χ2n) is 4.77. The molecule has 3 rings (SSSR count). The van der Waals surface area contributed by atoms with Crippen LogP contribution in [0.1, 0.15) is 15.9 Å². The number of hydrogen-bond acceptors (Lipinski definition) is 6. The zero-order chi connectivity index (χ0) is 16.8. The summed E-state index contributed by atoms with van der Waals surface area (Å²) in [6, 6.07) is 14.8. The first kappa shape index (κ1) is 15.9. The molecule has 0 aliphatic rings. The van der Waals surface area contributed by atoms with Crippen LogP contribution in [0.5, 0.6) is 0 Å². The molecule has 8 heteroatoms. The number of nitrogens with one attached hydrogen (secondary N) is 1. The maximum absolute atomic E-state index is 12.1. The molecule has 7 nitrogen and oxygen atoms in total. The largest absolute Gasteiger partial charge is 0.271 e. The first-order valence-electron chi connectivity index (χ1n) is 7.07. The molecular weight excluding hydrogens is 324 g/mol. The molecule has 24 heavy (non-hydrogen) atoms. The summed E-state index contributed by atoms with van der Waals surface area (Å²) < 4.78 is 1.51. The lowest BCUT2D eigenvalue weighted by atomic mass is 10.2. The molecule has 0 unspecified atom stereocenters. The molecule has 0 aliphatic carbocycles. The fourth-order valence-electron chi connectivity index (χ4n) is 1.97. The van der Waals surface area contributed by atoms with Gasteiger partial charge in [0.05, 0.1) is 11.9 Å². The molecule has 0 spiro atoms. The Morgan fingerprint density at radius 2 is 1.92 bits per heavy atom. The number of hydrogen-bond donors (Lipinski definition) is 1. The average molecular weight is 338 g/mol. The Balaban J connectivity index is 1.61. The van der Waals surface area contributed by atoms with Gasteiger partial charge in [-0.3, -0.25) is 4.79 Å². The van der Waals surface area contributed by atoms with Crippen molar-refractivity contribution in [3.05, 3.63) is 66.0 Å². The Hall–Kier alpha value is -3.00. The normalized spacial score (nSPS) is 10.9. The van der Waals surface area contributed by atoms with Crippen molar-refractivity contribution in [2.24, 2.45) is 5.10 Å². The Bertz CT molecular complexity index is 828. The van der Waals surface area contributed by atoms with Crippen molar-refractivity contribution in [3.8, 4) is 5.69 Å². The molecule has 2 aromatic carbocycles. The highest BCUT2D eigenvalue weighted by Gasteiger charge is 2.05. The summed E-state index contributed by atoms with van der Waals surface area (Å²) >= 11 is 1.68. The highest BCUT2D eigenvalue weighted by atomic mass is 32.2. The van der Waals surface area contributed by atoms with Crippen molar-refractivity contribution in [2.75, 3.05) is 6.26 Å². The quantitative estimate of drug-likeness (QED) is 0.438. The van der Waals surface area contributed by atoms with Crippen molar-refractivity contribution in [3.63, 3.8) is 0 Å². The number of carbonyl (C=O) groups excluding carboxylic acids is 1. The Labute approximate surface area is 142 Å². The van der Waals surface area contributed by atoms with E-state index in [-0.39, 0.29) is 5.91 Å². The van der Waals surface area contributed by atoms with E-state index in [0.29, 0.717) is 5.56 Å². The molecule has 0 radical (unpaired) electrons. The van der Waals surface area contributed by atoms with Gasteiger partial charge in [0.2, 0.25) is 0 Å². The van der Waals surface area contributed by atoms with Crippen molar-refractivity contribution in [1.82, 2.24) is 25.6 Å². The van der Waals surface area contributed by atoms with E-state index in [2.05, 4.69) is 26.1 Å². The van der Waals surface area contributed by atoms with E-state index >= 15 is 0 Å². The molecule has 120 valence electrons. The van der Waals surface area contributed by atoms with E-state index in [1.807, 2.05) is 30.5 Å². The number of hydrazone groups is 1. The maximum atomic E-state index is 12.1. The summed E-state index contributed by atoms with van der Waals surface area (Å²) in [7, 11) is 0. The predicted molar refractivity (Wildman–Crippen MR) is 92.4 cm³/mol. The second-order valence-corrected chi connectivity index (χ2v) is 5.65. The zero-order valence-corrected chi connectivity index (χ0v) is 13.6. The molecule has 1 amide bonds. The van der Waals surface area contributed by atoms with E-state index in [4.69, 9.17) is 0 Å². The minimum Gasteiger partial charge on any atom is -0.267 e. The molecular formula is C16H14N6OS. The first-order chi connectivity index (χ1) is 11.8. The van der Waals surface area contributed by atoms with E-state index in [0.717, 1.165) is 11.3 Å². The van der Waals surface area contributed by atoms with Crippen molar-refractivity contribution < 1.29 is 4.79 Å². The third-order valence-electron chi connectivity index (χ3n) is 3.24. The number of carbonyl (C=O) groups is 1. The SMILES string of the molecule is CSc1ccc(/C=N\NC(=O)c2ccc(-n3cnnn3)cc2)cc1. The zero-order valence-electron chi connectivity index (χ0n) is 12.8. The van der Waals surface area contributed by atoms with Gasteiger partial charge in [-0.25, -0.2) is 10.1 Å². The van der Waals surface area contributed by atoms with Gasteiger partial charge >= 0.3 is 0 Å². The first-order valence-corrected chi connectivity index (χ1v) is 8.29. The van der Waals surface area contributed by atoms with Crippen LogP contribution in [0.15, 0.2) is 64.9 Å². The topological polar surface area (TPSA) is 85.1 Å². The van der Waals surface area contributed by atoms with Crippen LogP contribution in [0.2, 0.25) is 0 Å². The molecule has 3 aromatic rings. The second kappa shape index (κ2) is 7.51. The maximum Gasteiger partial charge on any atom is 0.271 e. The standard InChI is InChI=1S/C16H14N6OS/c1-24-15-8-2-12(3-9-15)10-17-19-16(23)13-4-6-14(7-5-13)22-11-18-20-21-22/h2-11H,1H3,(H,19,23)/b17-10-. The lowest BCUT2D eigenvalue weighted by molar-refractivity contribution is 0.0955. The number of aromatic nitrogens is 4. The number of thioether (sulfide) groups is 1. The van der Waals surface area contributed by atoms with Crippen LogP contribution in [0, 0.1) is 0 Å².